The average molecular weight is 270 g/mol. The molecule has 4 N–H and O–H groups in total. The van der Waals surface area contributed by atoms with Crippen molar-refractivity contribution < 1.29 is 14.7 Å². The van der Waals surface area contributed by atoms with Crippen molar-refractivity contribution >= 4 is 11.9 Å². The number of amides is 1. The van der Waals surface area contributed by atoms with E-state index >= 15 is 0 Å². The van der Waals surface area contributed by atoms with Crippen molar-refractivity contribution in [3.63, 3.8) is 0 Å². The van der Waals surface area contributed by atoms with Gasteiger partial charge in [0.05, 0.1) is 5.41 Å². The predicted octanol–water partition coefficient (Wildman–Crippen LogP) is 1.66. The molecule has 0 saturated heterocycles. The predicted molar refractivity (Wildman–Crippen MR) is 73.7 cm³/mol. The molecular weight excluding hydrogens is 244 g/mol. The van der Waals surface area contributed by atoms with Crippen molar-refractivity contribution in [1.29, 1.82) is 0 Å². The van der Waals surface area contributed by atoms with E-state index in [-0.39, 0.29) is 5.91 Å². The molecule has 1 aliphatic carbocycles. The Kier molecular flexibility index (Phi) is 5.35. The molecule has 1 saturated carbocycles. The van der Waals surface area contributed by atoms with Gasteiger partial charge in [-0.25, -0.2) is 4.79 Å². The zero-order chi connectivity index (χ0) is 14.5. The van der Waals surface area contributed by atoms with Crippen molar-refractivity contribution in [2.24, 2.45) is 11.1 Å². The molecule has 0 aliphatic heterocycles. The highest BCUT2D eigenvalue weighted by Crippen LogP contribution is 2.36. The molecule has 1 atom stereocenters. The molecule has 1 fully saturated rings. The number of rotatable bonds is 6. The van der Waals surface area contributed by atoms with Crippen LogP contribution in [-0.4, -0.2) is 29.1 Å². The number of carbonyl (C=O) groups is 2. The van der Waals surface area contributed by atoms with Crippen LogP contribution in [0.25, 0.3) is 0 Å². The molecule has 1 unspecified atom stereocenters. The Morgan fingerprint density at radius 2 is 1.89 bits per heavy atom. The van der Waals surface area contributed by atoms with Crippen LogP contribution in [0.15, 0.2) is 0 Å². The second kappa shape index (κ2) is 6.37. The van der Waals surface area contributed by atoms with Crippen LogP contribution in [0.3, 0.4) is 0 Å². The lowest BCUT2D eigenvalue weighted by molar-refractivity contribution is -0.149. The van der Waals surface area contributed by atoms with Gasteiger partial charge >= 0.3 is 5.97 Å². The molecule has 0 spiro atoms. The number of aliphatic carboxylic acids is 1. The van der Waals surface area contributed by atoms with Gasteiger partial charge in [-0.2, -0.15) is 0 Å². The first-order valence-corrected chi connectivity index (χ1v) is 7.16. The van der Waals surface area contributed by atoms with Gasteiger partial charge in [0.15, 0.2) is 0 Å². The average Bonchev–Trinajstić information content (AvgIpc) is 2.39. The summed E-state index contributed by atoms with van der Waals surface area (Å²) in [6, 6.07) is 0. The van der Waals surface area contributed by atoms with Gasteiger partial charge in [0.25, 0.3) is 0 Å². The first-order chi connectivity index (χ1) is 8.90. The smallest absolute Gasteiger partial charge is 0.329 e. The van der Waals surface area contributed by atoms with Gasteiger partial charge in [0.1, 0.15) is 5.54 Å². The number of hydrogen-bond donors (Lipinski definition) is 3. The number of carboxylic acids is 1. The molecule has 19 heavy (non-hydrogen) atoms. The molecule has 0 aromatic heterocycles. The van der Waals surface area contributed by atoms with Crippen LogP contribution in [0.2, 0.25) is 0 Å². The van der Waals surface area contributed by atoms with E-state index < -0.39 is 16.9 Å². The van der Waals surface area contributed by atoms with Crippen LogP contribution in [0.1, 0.15) is 58.8 Å². The van der Waals surface area contributed by atoms with Crippen LogP contribution in [-0.2, 0) is 9.59 Å². The second-order valence-electron chi connectivity index (χ2n) is 5.89. The third kappa shape index (κ3) is 3.47. The Labute approximate surface area is 114 Å². The van der Waals surface area contributed by atoms with Crippen molar-refractivity contribution in [2.75, 3.05) is 6.54 Å². The number of nitrogens with two attached hydrogens (primary N) is 1. The Bertz CT molecular complexity index is 338. The van der Waals surface area contributed by atoms with Gasteiger partial charge in [-0.3, -0.25) is 4.79 Å². The molecule has 0 heterocycles. The van der Waals surface area contributed by atoms with Crippen molar-refractivity contribution in [2.45, 2.75) is 64.3 Å². The minimum absolute atomic E-state index is 0.187. The fourth-order valence-electron chi connectivity index (χ4n) is 2.86. The molecule has 110 valence electrons. The standard InChI is InChI=1S/C14H26N2O3/c1-3-7-13(2,12(18)19)16-11(17)14(10-15)8-5-4-6-9-14/h3-10,15H2,1-2H3,(H,16,17)(H,18,19). The van der Waals surface area contributed by atoms with E-state index in [1.54, 1.807) is 6.92 Å². The van der Waals surface area contributed by atoms with E-state index in [1.165, 1.54) is 0 Å². The summed E-state index contributed by atoms with van der Waals surface area (Å²) in [4.78, 5) is 23.9. The second-order valence-corrected chi connectivity index (χ2v) is 5.89. The van der Waals surface area contributed by atoms with Crippen LogP contribution in [0, 0.1) is 5.41 Å². The van der Waals surface area contributed by atoms with Crippen molar-refractivity contribution in [1.82, 2.24) is 5.32 Å². The molecule has 0 radical (unpaired) electrons. The zero-order valence-electron chi connectivity index (χ0n) is 12.0. The van der Waals surface area contributed by atoms with Crippen LogP contribution in [0.5, 0.6) is 0 Å². The Balaban J connectivity index is 2.83. The maximum absolute atomic E-state index is 12.5. The summed E-state index contributed by atoms with van der Waals surface area (Å²) in [5.74, 6) is -1.17. The van der Waals surface area contributed by atoms with Crippen molar-refractivity contribution in [3.05, 3.63) is 0 Å². The Hall–Kier alpha value is -1.10. The molecule has 0 aromatic rings. The third-order valence-corrected chi connectivity index (χ3v) is 4.29. The van der Waals surface area contributed by atoms with Crippen LogP contribution >= 0.6 is 0 Å². The van der Waals surface area contributed by atoms with Gasteiger partial charge < -0.3 is 16.2 Å². The maximum Gasteiger partial charge on any atom is 0.329 e. The van der Waals surface area contributed by atoms with E-state index in [9.17, 15) is 14.7 Å². The lowest BCUT2D eigenvalue weighted by Gasteiger charge is -2.38. The largest absolute Gasteiger partial charge is 0.480 e. The Morgan fingerprint density at radius 3 is 2.32 bits per heavy atom. The SMILES string of the molecule is CCCC(C)(NC(=O)C1(CN)CCCCC1)C(=O)O. The van der Waals surface area contributed by atoms with Gasteiger partial charge in [0.2, 0.25) is 5.91 Å². The van der Waals surface area contributed by atoms with E-state index in [0.717, 1.165) is 32.1 Å². The number of nitrogens with one attached hydrogen (secondary N) is 1. The molecule has 1 aliphatic rings. The van der Waals surface area contributed by atoms with E-state index in [2.05, 4.69) is 5.32 Å². The first kappa shape index (κ1) is 16.0. The van der Waals surface area contributed by atoms with E-state index in [0.29, 0.717) is 19.4 Å². The highest BCUT2D eigenvalue weighted by atomic mass is 16.4. The summed E-state index contributed by atoms with van der Waals surface area (Å²) in [6.45, 7) is 3.77. The minimum Gasteiger partial charge on any atom is -0.480 e. The highest BCUT2D eigenvalue weighted by molar-refractivity contribution is 5.90. The quantitative estimate of drug-likeness (QED) is 0.684. The summed E-state index contributed by atoms with van der Waals surface area (Å²) < 4.78 is 0. The lowest BCUT2D eigenvalue weighted by atomic mass is 9.73. The zero-order valence-corrected chi connectivity index (χ0v) is 12.0. The van der Waals surface area contributed by atoms with Crippen LogP contribution < -0.4 is 11.1 Å². The number of hydrogen-bond acceptors (Lipinski definition) is 3. The molecule has 5 nitrogen and oxygen atoms in total. The number of carboxylic acid groups (broad SMARTS) is 1. The van der Waals surface area contributed by atoms with Crippen LogP contribution in [0.4, 0.5) is 0 Å². The Morgan fingerprint density at radius 1 is 1.32 bits per heavy atom. The molecule has 0 aromatic carbocycles. The lowest BCUT2D eigenvalue weighted by Crippen LogP contribution is -2.58. The van der Waals surface area contributed by atoms with Gasteiger partial charge in [-0.05, 0) is 26.2 Å². The third-order valence-electron chi connectivity index (χ3n) is 4.29. The van der Waals surface area contributed by atoms with E-state index in [1.807, 2.05) is 6.92 Å². The maximum atomic E-state index is 12.5. The first-order valence-electron chi connectivity index (χ1n) is 7.16. The van der Waals surface area contributed by atoms with E-state index in [4.69, 9.17) is 5.73 Å². The monoisotopic (exact) mass is 270 g/mol. The topological polar surface area (TPSA) is 92.4 Å². The van der Waals surface area contributed by atoms with Crippen molar-refractivity contribution in [3.8, 4) is 0 Å². The fourth-order valence-corrected chi connectivity index (χ4v) is 2.86. The van der Waals surface area contributed by atoms with Gasteiger partial charge in [0, 0.05) is 6.54 Å². The molecule has 0 bridgehead atoms. The summed E-state index contributed by atoms with van der Waals surface area (Å²) in [6.07, 6.45) is 5.76. The summed E-state index contributed by atoms with van der Waals surface area (Å²) in [5.41, 5.74) is 4.04. The molecular formula is C14H26N2O3. The summed E-state index contributed by atoms with van der Waals surface area (Å²) in [5, 5.41) is 12.1. The summed E-state index contributed by atoms with van der Waals surface area (Å²) in [7, 11) is 0. The minimum atomic E-state index is -1.19. The number of carbonyl (C=O) groups excluding carboxylic acids is 1. The van der Waals surface area contributed by atoms with Gasteiger partial charge in [-0.15, -0.1) is 0 Å². The molecule has 1 amide bonds. The highest BCUT2D eigenvalue weighted by Gasteiger charge is 2.43. The van der Waals surface area contributed by atoms with Gasteiger partial charge in [-0.1, -0.05) is 32.6 Å². The normalized spacial score (nSPS) is 21.4. The molecule has 1 rings (SSSR count). The fraction of sp³-hybridized carbons (Fsp3) is 0.857. The summed E-state index contributed by atoms with van der Waals surface area (Å²) >= 11 is 0. The molecule has 5 heteroatoms.